The quantitative estimate of drug-likeness (QED) is 0.514. The van der Waals surface area contributed by atoms with E-state index in [0.29, 0.717) is 6.54 Å². The molecule has 1 atom stereocenters. The van der Waals surface area contributed by atoms with Gasteiger partial charge in [-0.05, 0) is 6.42 Å². The van der Waals surface area contributed by atoms with E-state index in [-0.39, 0.29) is 18.7 Å². The van der Waals surface area contributed by atoms with Crippen molar-refractivity contribution in [2.45, 2.75) is 45.6 Å². The predicted octanol–water partition coefficient (Wildman–Crippen LogP) is 0.788. The minimum Gasteiger partial charge on any atom is -0.469 e. The third-order valence-electron chi connectivity index (χ3n) is 2.22. The van der Waals surface area contributed by atoms with Gasteiger partial charge in [0.05, 0.1) is 20.0 Å². The second kappa shape index (κ2) is 9.44. The Labute approximate surface area is 107 Å². The third kappa shape index (κ3) is 8.55. The zero-order chi connectivity index (χ0) is 14.0. The Morgan fingerprint density at radius 3 is 2.39 bits per heavy atom. The number of carbonyl (C=O) groups is 3. The van der Waals surface area contributed by atoms with Crippen LogP contribution in [0.15, 0.2) is 0 Å². The summed E-state index contributed by atoms with van der Waals surface area (Å²) in [7, 11) is 1.24. The van der Waals surface area contributed by atoms with Crippen LogP contribution in [0.2, 0.25) is 0 Å². The Bertz CT molecular complexity index is 290. The van der Waals surface area contributed by atoms with Gasteiger partial charge in [0.25, 0.3) is 0 Å². The van der Waals surface area contributed by atoms with Gasteiger partial charge in [-0.25, -0.2) is 0 Å². The molecule has 18 heavy (non-hydrogen) atoms. The average Bonchev–Trinajstić information content (AvgIpc) is 2.28. The molecule has 0 spiro atoms. The van der Waals surface area contributed by atoms with Gasteiger partial charge in [0, 0.05) is 13.5 Å². The molecule has 6 nitrogen and oxygen atoms in total. The molecule has 0 aromatic rings. The molecule has 104 valence electrons. The monoisotopic (exact) mass is 259 g/mol. The highest BCUT2D eigenvalue weighted by atomic mass is 16.6. The topological polar surface area (TPSA) is 81.7 Å². The molecule has 6 heteroatoms. The number of nitrogens with one attached hydrogen (secondary N) is 1. The van der Waals surface area contributed by atoms with Gasteiger partial charge in [-0.3, -0.25) is 14.4 Å². The molecule has 0 rings (SSSR count). The standard InChI is InChI=1S/C12H21NO5/c1-4-5-6-13-11(15)7-10(18-9(2)14)8-12(16)17-3/h10H,4-8H2,1-3H3,(H,13,15). The SMILES string of the molecule is CCCCNC(=O)CC(CC(=O)OC)OC(C)=O. The summed E-state index contributed by atoms with van der Waals surface area (Å²) < 4.78 is 9.38. The number of amides is 1. The second-order valence-corrected chi connectivity index (χ2v) is 3.92. The van der Waals surface area contributed by atoms with Crippen molar-refractivity contribution in [3.05, 3.63) is 0 Å². The van der Waals surface area contributed by atoms with Crippen LogP contribution in [0.3, 0.4) is 0 Å². The number of carbonyl (C=O) groups excluding carboxylic acids is 3. The van der Waals surface area contributed by atoms with E-state index in [4.69, 9.17) is 4.74 Å². The first-order chi connectivity index (χ1) is 8.49. The summed E-state index contributed by atoms with van der Waals surface area (Å²) in [6, 6.07) is 0. The van der Waals surface area contributed by atoms with Gasteiger partial charge in [0.15, 0.2) is 0 Å². The van der Waals surface area contributed by atoms with Gasteiger partial charge in [0.2, 0.25) is 5.91 Å². The van der Waals surface area contributed by atoms with Crippen LogP contribution >= 0.6 is 0 Å². The smallest absolute Gasteiger partial charge is 0.309 e. The van der Waals surface area contributed by atoms with E-state index in [0.717, 1.165) is 12.8 Å². The normalized spacial score (nSPS) is 11.5. The Morgan fingerprint density at radius 1 is 1.22 bits per heavy atom. The number of unbranched alkanes of at least 4 members (excludes halogenated alkanes) is 1. The first kappa shape index (κ1) is 16.4. The molecule has 1 amide bonds. The van der Waals surface area contributed by atoms with Crippen LogP contribution in [0.5, 0.6) is 0 Å². The highest BCUT2D eigenvalue weighted by molar-refractivity contribution is 5.78. The van der Waals surface area contributed by atoms with Crippen molar-refractivity contribution in [2.24, 2.45) is 0 Å². The zero-order valence-electron chi connectivity index (χ0n) is 11.2. The van der Waals surface area contributed by atoms with E-state index in [1.165, 1.54) is 14.0 Å². The highest BCUT2D eigenvalue weighted by Gasteiger charge is 2.20. The predicted molar refractivity (Wildman–Crippen MR) is 64.7 cm³/mol. The van der Waals surface area contributed by atoms with Crippen molar-refractivity contribution >= 4 is 17.8 Å². The summed E-state index contributed by atoms with van der Waals surface area (Å²) in [6.45, 7) is 3.84. The fraction of sp³-hybridized carbons (Fsp3) is 0.750. The molecule has 1 unspecified atom stereocenters. The fourth-order valence-electron chi connectivity index (χ4n) is 1.34. The van der Waals surface area contributed by atoms with Crippen LogP contribution in [0.1, 0.15) is 39.5 Å². The molecule has 0 radical (unpaired) electrons. The van der Waals surface area contributed by atoms with Crippen molar-refractivity contribution < 1.29 is 23.9 Å². The molecular formula is C12H21NO5. The number of hydrogen-bond acceptors (Lipinski definition) is 5. The van der Waals surface area contributed by atoms with E-state index < -0.39 is 18.0 Å². The van der Waals surface area contributed by atoms with Gasteiger partial charge in [-0.1, -0.05) is 13.3 Å². The van der Waals surface area contributed by atoms with Crippen molar-refractivity contribution in [1.82, 2.24) is 5.32 Å². The lowest BCUT2D eigenvalue weighted by molar-refractivity contribution is -0.153. The largest absolute Gasteiger partial charge is 0.469 e. The first-order valence-corrected chi connectivity index (χ1v) is 6.00. The lowest BCUT2D eigenvalue weighted by Gasteiger charge is -2.15. The molecule has 0 bridgehead atoms. The molecule has 0 saturated carbocycles. The zero-order valence-corrected chi connectivity index (χ0v) is 11.2. The molecule has 1 N–H and O–H groups in total. The molecule has 0 aliphatic heterocycles. The highest BCUT2D eigenvalue weighted by Crippen LogP contribution is 2.06. The van der Waals surface area contributed by atoms with Gasteiger partial charge >= 0.3 is 11.9 Å². The van der Waals surface area contributed by atoms with Crippen LogP contribution in [0.4, 0.5) is 0 Å². The lowest BCUT2D eigenvalue weighted by atomic mass is 10.1. The molecule has 0 aromatic carbocycles. The van der Waals surface area contributed by atoms with Crippen LogP contribution in [-0.2, 0) is 23.9 Å². The summed E-state index contributed by atoms with van der Waals surface area (Å²) in [6.07, 6.45) is 0.962. The Kier molecular flexibility index (Phi) is 8.61. The van der Waals surface area contributed by atoms with Gasteiger partial charge in [0.1, 0.15) is 6.10 Å². The van der Waals surface area contributed by atoms with Gasteiger partial charge in [-0.15, -0.1) is 0 Å². The van der Waals surface area contributed by atoms with Gasteiger partial charge in [-0.2, -0.15) is 0 Å². The lowest BCUT2D eigenvalue weighted by Crippen LogP contribution is -2.31. The second-order valence-electron chi connectivity index (χ2n) is 3.92. The summed E-state index contributed by atoms with van der Waals surface area (Å²) >= 11 is 0. The number of rotatable bonds is 8. The number of esters is 2. The van der Waals surface area contributed by atoms with Crippen molar-refractivity contribution in [3.63, 3.8) is 0 Å². The molecule has 0 fully saturated rings. The Morgan fingerprint density at radius 2 is 1.89 bits per heavy atom. The average molecular weight is 259 g/mol. The molecule has 0 aliphatic carbocycles. The first-order valence-electron chi connectivity index (χ1n) is 6.00. The molecule has 0 aliphatic rings. The van der Waals surface area contributed by atoms with Crippen LogP contribution in [0.25, 0.3) is 0 Å². The summed E-state index contributed by atoms with van der Waals surface area (Å²) in [5, 5.41) is 2.70. The van der Waals surface area contributed by atoms with E-state index >= 15 is 0 Å². The van der Waals surface area contributed by atoms with Crippen LogP contribution in [0, 0.1) is 0 Å². The fourth-order valence-corrected chi connectivity index (χ4v) is 1.34. The van der Waals surface area contributed by atoms with E-state index in [9.17, 15) is 14.4 Å². The van der Waals surface area contributed by atoms with Crippen molar-refractivity contribution in [2.75, 3.05) is 13.7 Å². The maximum atomic E-state index is 11.5. The van der Waals surface area contributed by atoms with E-state index in [1.54, 1.807) is 0 Å². The third-order valence-corrected chi connectivity index (χ3v) is 2.22. The molecule has 0 heterocycles. The summed E-state index contributed by atoms with van der Waals surface area (Å²) in [5.41, 5.74) is 0. The maximum absolute atomic E-state index is 11.5. The minimum absolute atomic E-state index is 0.0294. The van der Waals surface area contributed by atoms with Crippen molar-refractivity contribution in [3.8, 4) is 0 Å². The number of ether oxygens (including phenoxy) is 2. The molecule has 0 aromatic heterocycles. The van der Waals surface area contributed by atoms with Crippen LogP contribution < -0.4 is 5.32 Å². The molecular weight excluding hydrogens is 238 g/mol. The van der Waals surface area contributed by atoms with E-state index in [1.807, 2.05) is 6.92 Å². The Hall–Kier alpha value is -1.59. The van der Waals surface area contributed by atoms with Gasteiger partial charge < -0.3 is 14.8 Å². The maximum Gasteiger partial charge on any atom is 0.309 e. The summed E-state index contributed by atoms with van der Waals surface area (Å²) in [5.74, 6) is -1.27. The summed E-state index contributed by atoms with van der Waals surface area (Å²) in [4.78, 5) is 33.5. The molecule has 0 saturated heterocycles. The van der Waals surface area contributed by atoms with Crippen LogP contribution in [-0.4, -0.2) is 37.6 Å². The number of methoxy groups -OCH3 is 1. The minimum atomic E-state index is -0.767. The van der Waals surface area contributed by atoms with Crippen molar-refractivity contribution in [1.29, 1.82) is 0 Å². The van der Waals surface area contributed by atoms with E-state index in [2.05, 4.69) is 10.1 Å². The number of hydrogen-bond donors (Lipinski definition) is 1. The Balaban J connectivity index is 4.17.